The molecule has 2 amide bonds. The van der Waals surface area contributed by atoms with Crippen molar-refractivity contribution in [3.8, 4) is 0 Å². The monoisotopic (exact) mass is 510 g/mol. The maximum Gasteiger partial charge on any atom is 0.313 e. The summed E-state index contributed by atoms with van der Waals surface area (Å²) in [6, 6.07) is 7.75. The minimum absolute atomic E-state index is 0.0269. The summed E-state index contributed by atoms with van der Waals surface area (Å²) in [6.45, 7) is 13.1. The van der Waals surface area contributed by atoms with E-state index in [-0.39, 0.29) is 31.1 Å². The first-order valence-electron chi connectivity index (χ1n) is 13.0. The van der Waals surface area contributed by atoms with Crippen LogP contribution in [0.25, 0.3) is 0 Å². The Kier molecular flexibility index (Phi) is 7.62. The molecule has 200 valence electrons. The number of carbonyl (C=O) groups excluding carboxylic acids is 3. The van der Waals surface area contributed by atoms with Crippen LogP contribution in [-0.4, -0.2) is 81.8 Å². The number of likely N-dealkylation sites (tertiary alicyclic amines) is 1. The van der Waals surface area contributed by atoms with Crippen LogP contribution in [0.5, 0.6) is 0 Å². The lowest BCUT2D eigenvalue weighted by molar-refractivity contribution is -0.161. The summed E-state index contributed by atoms with van der Waals surface area (Å²) in [6.07, 6.45) is 4.49. The highest BCUT2D eigenvalue weighted by atomic mass is 16.6. The third-order valence-corrected chi connectivity index (χ3v) is 8.20. The number of nitrogens with zero attached hydrogens (tertiary/aromatic N) is 2. The van der Waals surface area contributed by atoms with Crippen molar-refractivity contribution in [1.82, 2.24) is 9.80 Å². The van der Waals surface area contributed by atoms with Crippen LogP contribution in [0.4, 0.5) is 0 Å². The van der Waals surface area contributed by atoms with Crippen LogP contribution < -0.4 is 0 Å². The molecule has 3 fully saturated rings. The number of hydrogen-bond acceptors (Lipinski definition) is 6. The standard InChI is InChI=1S/C29H38N2O6/c1-6-15-30(19(3)4)26(34)24-29-14-13-28(5,37-29)23(27(35)36-16-7-2)22(29)25(33)31(24)21(18-32)17-20-11-9-8-10-12-20/h6-12,19,21-24,32H,1-2,13-18H2,3-5H3/t21-,22+,23-,24?,28+,29?/m1/s1. The van der Waals surface area contributed by atoms with Crippen LogP contribution in [-0.2, 0) is 30.3 Å². The van der Waals surface area contributed by atoms with Gasteiger partial charge in [-0.05, 0) is 45.6 Å². The third-order valence-electron chi connectivity index (χ3n) is 8.20. The summed E-state index contributed by atoms with van der Waals surface area (Å²) in [5.74, 6) is -2.86. The van der Waals surface area contributed by atoms with E-state index in [1.54, 1.807) is 11.0 Å². The van der Waals surface area contributed by atoms with Gasteiger partial charge in [0.25, 0.3) is 0 Å². The quantitative estimate of drug-likeness (QED) is 0.363. The number of hydrogen-bond donors (Lipinski definition) is 1. The molecule has 8 heteroatoms. The second-order valence-corrected chi connectivity index (χ2v) is 10.8. The summed E-state index contributed by atoms with van der Waals surface area (Å²) in [5, 5.41) is 10.5. The number of benzene rings is 1. The lowest BCUT2D eigenvalue weighted by Gasteiger charge is -2.40. The molecule has 37 heavy (non-hydrogen) atoms. The van der Waals surface area contributed by atoms with E-state index in [9.17, 15) is 19.5 Å². The Morgan fingerprint density at radius 2 is 1.95 bits per heavy atom. The molecule has 3 heterocycles. The van der Waals surface area contributed by atoms with Gasteiger partial charge in [-0.25, -0.2) is 0 Å². The average molecular weight is 511 g/mol. The molecule has 2 unspecified atom stereocenters. The van der Waals surface area contributed by atoms with E-state index in [1.165, 1.54) is 11.0 Å². The number of ether oxygens (including phenoxy) is 2. The fourth-order valence-electron chi connectivity index (χ4n) is 6.61. The summed E-state index contributed by atoms with van der Waals surface area (Å²) in [5.41, 5.74) is -1.17. The molecule has 0 radical (unpaired) electrons. The smallest absolute Gasteiger partial charge is 0.313 e. The van der Waals surface area contributed by atoms with Gasteiger partial charge in [0.1, 0.15) is 24.2 Å². The van der Waals surface area contributed by atoms with Gasteiger partial charge in [-0.1, -0.05) is 49.1 Å². The zero-order valence-corrected chi connectivity index (χ0v) is 22.0. The maximum absolute atomic E-state index is 14.3. The largest absolute Gasteiger partial charge is 0.461 e. The second-order valence-electron chi connectivity index (χ2n) is 10.8. The minimum Gasteiger partial charge on any atom is -0.461 e. The summed E-state index contributed by atoms with van der Waals surface area (Å²) in [7, 11) is 0. The van der Waals surface area contributed by atoms with Crippen molar-refractivity contribution in [3.05, 3.63) is 61.2 Å². The van der Waals surface area contributed by atoms with E-state index in [0.29, 0.717) is 25.8 Å². The molecule has 3 saturated heterocycles. The van der Waals surface area contributed by atoms with Gasteiger partial charge in [0.2, 0.25) is 11.8 Å². The SMILES string of the molecule is C=CCOC(=O)[C@H]1[C@H]2C(=O)N([C@@H](CO)Cc3ccccc3)C(C(=O)N(CC=C)C(C)C)C23CC[C@]1(C)O3. The summed E-state index contributed by atoms with van der Waals surface area (Å²) >= 11 is 0. The van der Waals surface area contributed by atoms with Gasteiger partial charge in [0.15, 0.2) is 0 Å². The number of rotatable bonds is 11. The molecule has 1 aromatic rings. The van der Waals surface area contributed by atoms with Crippen molar-refractivity contribution in [2.24, 2.45) is 11.8 Å². The van der Waals surface area contributed by atoms with Crippen molar-refractivity contribution in [2.45, 2.75) is 69.4 Å². The number of aliphatic hydroxyl groups excluding tert-OH is 1. The molecule has 1 aromatic carbocycles. The van der Waals surface area contributed by atoms with E-state index in [1.807, 2.05) is 51.1 Å². The summed E-state index contributed by atoms with van der Waals surface area (Å²) < 4.78 is 12.0. The lowest BCUT2D eigenvalue weighted by Crippen LogP contribution is -2.60. The number of carbonyl (C=O) groups is 3. The highest BCUT2D eigenvalue weighted by Crippen LogP contribution is 2.63. The molecule has 1 spiro atoms. The molecule has 2 bridgehead atoms. The van der Waals surface area contributed by atoms with Crippen molar-refractivity contribution in [2.75, 3.05) is 19.8 Å². The molecule has 6 atom stereocenters. The molecular weight excluding hydrogens is 472 g/mol. The summed E-state index contributed by atoms with van der Waals surface area (Å²) in [4.78, 5) is 45.0. The molecule has 3 aliphatic rings. The Labute approximate surface area is 218 Å². The number of esters is 1. The molecule has 8 nitrogen and oxygen atoms in total. The topological polar surface area (TPSA) is 96.4 Å². The predicted octanol–water partition coefficient (Wildman–Crippen LogP) is 2.51. The van der Waals surface area contributed by atoms with Crippen molar-refractivity contribution in [3.63, 3.8) is 0 Å². The van der Waals surface area contributed by atoms with Gasteiger partial charge in [-0.3, -0.25) is 14.4 Å². The van der Waals surface area contributed by atoms with Crippen LogP contribution in [0.1, 0.15) is 39.2 Å². The van der Waals surface area contributed by atoms with E-state index in [0.717, 1.165) is 5.56 Å². The lowest BCUT2D eigenvalue weighted by atomic mass is 9.66. The Hall–Kier alpha value is -2.97. The fourth-order valence-corrected chi connectivity index (χ4v) is 6.61. The van der Waals surface area contributed by atoms with Crippen molar-refractivity contribution >= 4 is 17.8 Å². The first kappa shape index (κ1) is 27.1. The average Bonchev–Trinajstić information content (AvgIpc) is 3.45. The van der Waals surface area contributed by atoms with Crippen LogP contribution in [0.3, 0.4) is 0 Å². The third kappa shape index (κ3) is 4.40. The highest BCUT2D eigenvalue weighted by Gasteiger charge is 2.79. The van der Waals surface area contributed by atoms with Gasteiger partial charge in [-0.2, -0.15) is 0 Å². The first-order valence-corrected chi connectivity index (χ1v) is 13.0. The Bertz CT molecular complexity index is 1060. The van der Waals surface area contributed by atoms with Crippen LogP contribution in [0.15, 0.2) is 55.6 Å². The minimum atomic E-state index is -1.18. The molecule has 3 aliphatic heterocycles. The van der Waals surface area contributed by atoms with Crippen molar-refractivity contribution < 1.29 is 29.0 Å². The van der Waals surface area contributed by atoms with Gasteiger partial charge in [0, 0.05) is 12.6 Å². The van der Waals surface area contributed by atoms with Gasteiger partial charge in [-0.15, -0.1) is 6.58 Å². The van der Waals surface area contributed by atoms with E-state index in [4.69, 9.17) is 9.47 Å². The predicted molar refractivity (Wildman–Crippen MR) is 138 cm³/mol. The van der Waals surface area contributed by atoms with Gasteiger partial charge in [0.05, 0.1) is 24.2 Å². The second kappa shape index (κ2) is 10.4. The Morgan fingerprint density at radius 3 is 2.54 bits per heavy atom. The van der Waals surface area contributed by atoms with Crippen LogP contribution in [0.2, 0.25) is 0 Å². The molecule has 0 saturated carbocycles. The molecular formula is C29H38N2O6. The van der Waals surface area contributed by atoms with E-state index >= 15 is 0 Å². The number of fused-ring (bicyclic) bond motifs is 1. The van der Waals surface area contributed by atoms with E-state index < -0.39 is 41.1 Å². The number of amides is 2. The Morgan fingerprint density at radius 1 is 1.24 bits per heavy atom. The number of aliphatic hydroxyl groups is 1. The van der Waals surface area contributed by atoms with Gasteiger partial charge >= 0.3 is 5.97 Å². The molecule has 1 N–H and O–H groups in total. The molecule has 0 aromatic heterocycles. The fraction of sp³-hybridized carbons (Fsp3) is 0.552. The Balaban J connectivity index is 1.81. The van der Waals surface area contributed by atoms with Crippen LogP contribution >= 0.6 is 0 Å². The first-order chi connectivity index (χ1) is 17.6. The zero-order valence-electron chi connectivity index (χ0n) is 22.0. The van der Waals surface area contributed by atoms with Crippen LogP contribution in [0, 0.1) is 11.8 Å². The highest BCUT2D eigenvalue weighted by molar-refractivity contribution is 5.98. The van der Waals surface area contributed by atoms with Gasteiger partial charge < -0.3 is 24.4 Å². The van der Waals surface area contributed by atoms with E-state index in [2.05, 4.69) is 13.2 Å². The maximum atomic E-state index is 14.3. The van der Waals surface area contributed by atoms with Crippen molar-refractivity contribution in [1.29, 1.82) is 0 Å². The normalized spacial score (nSPS) is 30.8. The molecule has 0 aliphatic carbocycles. The molecule has 4 rings (SSSR count). The zero-order chi connectivity index (χ0) is 27.0.